The summed E-state index contributed by atoms with van der Waals surface area (Å²) in [6, 6.07) is 10.8. The van der Waals surface area contributed by atoms with Gasteiger partial charge in [0.25, 0.3) is 5.56 Å². The number of likely N-dealkylation sites (tertiary alicyclic amines) is 1. The van der Waals surface area contributed by atoms with Crippen LogP contribution in [0.3, 0.4) is 0 Å². The van der Waals surface area contributed by atoms with E-state index in [1.54, 1.807) is 12.1 Å². The van der Waals surface area contributed by atoms with E-state index in [-0.39, 0.29) is 10.6 Å². The van der Waals surface area contributed by atoms with Crippen molar-refractivity contribution in [1.29, 1.82) is 0 Å². The van der Waals surface area contributed by atoms with Gasteiger partial charge in [-0.2, -0.15) is 0 Å². The second-order valence-corrected chi connectivity index (χ2v) is 9.16. The molecule has 2 aromatic carbocycles. The predicted octanol–water partition coefficient (Wildman–Crippen LogP) is 5.54. The lowest BCUT2D eigenvalue weighted by molar-refractivity contribution is 0.129. The van der Waals surface area contributed by atoms with Crippen LogP contribution in [0.25, 0.3) is 22.0 Å². The lowest BCUT2D eigenvalue weighted by atomic mass is 9.96. The normalized spacial score (nSPS) is 17.5. The van der Waals surface area contributed by atoms with Gasteiger partial charge in [0, 0.05) is 25.6 Å². The van der Waals surface area contributed by atoms with Crippen molar-refractivity contribution < 1.29 is 4.39 Å². The molecule has 1 saturated heterocycles. The van der Waals surface area contributed by atoms with Gasteiger partial charge < -0.3 is 4.90 Å². The Labute approximate surface area is 187 Å². The molecule has 1 aromatic heterocycles. The Bertz CT molecular complexity index is 1160. The highest BCUT2D eigenvalue weighted by molar-refractivity contribution is 6.31. The maximum Gasteiger partial charge on any atom is 0.261 e. The minimum absolute atomic E-state index is 0.00132. The molecule has 4 nitrogen and oxygen atoms in total. The van der Waals surface area contributed by atoms with Crippen molar-refractivity contribution in [3.8, 4) is 11.1 Å². The van der Waals surface area contributed by atoms with Gasteiger partial charge in [-0.1, -0.05) is 30.7 Å². The van der Waals surface area contributed by atoms with Crippen LogP contribution >= 0.6 is 11.6 Å². The van der Waals surface area contributed by atoms with Gasteiger partial charge in [0.1, 0.15) is 11.6 Å². The van der Waals surface area contributed by atoms with Crippen LogP contribution in [0.1, 0.15) is 39.4 Å². The van der Waals surface area contributed by atoms with Gasteiger partial charge in [-0.05, 0) is 74.5 Å². The standard InChI is InChI=1S/C25H29ClFN3O/c1-4-24-28-23-10-8-18(19-7-9-22(27)21(26)13-19)12-20(23)25(31)30(24)15-17-6-5-11-29(14-17)16(2)3/h7-10,12-13,16-17H,4-6,11,14-15H2,1-3H3/t17-/m0/s1. The van der Waals surface area contributed by atoms with E-state index in [9.17, 15) is 9.18 Å². The van der Waals surface area contributed by atoms with Crippen molar-refractivity contribution in [2.75, 3.05) is 13.1 Å². The van der Waals surface area contributed by atoms with E-state index in [0.29, 0.717) is 35.8 Å². The maximum absolute atomic E-state index is 13.6. The number of hydrogen-bond donors (Lipinski definition) is 0. The number of fused-ring (bicyclic) bond motifs is 1. The van der Waals surface area contributed by atoms with Gasteiger partial charge in [0.05, 0.1) is 15.9 Å². The molecule has 0 saturated carbocycles. The number of piperidine rings is 1. The Morgan fingerprint density at radius 1 is 1.19 bits per heavy atom. The zero-order valence-electron chi connectivity index (χ0n) is 18.4. The Kier molecular flexibility index (Phi) is 6.44. The first-order valence-electron chi connectivity index (χ1n) is 11.1. The van der Waals surface area contributed by atoms with Crippen LogP contribution in [0, 0.1) is 11.7 Å². The molecular formula is C25H29ClFN3O. The summed E-state index contributed by atoms with van der Waals surface area (Å²) in [5.74, 6) is 0.819. The van der Waals surface area contributed by atoms with Gasteiger partial charge >= 0.3 is 0 Å². The van der Waals surface area contributed by atoms with E-state index < -0.39 is 5.82 Å². The molecular weight excluding hydrogens is 413 g/mol. The molecule has 0 radical (unpaired) electrons. The SMILES string of the molecule is CCc1nc2ccc(-c3ccc(F)c(Cl)c3)cc2c(=O)n1C[C@H]1CCCN(C(C)C)C1. The van der Waals surface area contributed by atoms with Gasteiger partial charge in [0.15, 0.2) is 0 Å². The molecule has 1 fully saturated rings. The second kappa shape index (κ2) is 9.09. The fourth-order valence-electron chi connectivity index (χ4n) is 4.55. The molecule has 3 aromatic rings. The number of aromatic nitrogens is 2. The van der Waals surface area contributed by atoms with Gasteiger partial charge in [0.2, 0.25) is 0 Å². The summed E-state index contributed by atoms with van der Waals surface area (Å²) in [4.78, 5) is 20.8. The fourth-order valence-corrected chi connectivity index (χ4v) is 4.73. The minimum Gasteiger partial charge on any atom is -0.301 e. The highest BCUT2D eigenvalue weighted by atomic mass is 35.5. The number of hydrogen-bond acceptors (Lipinski definition) is 3. The summed E-state index contributed by atoms with van der Waals surface area (Å²) < 4.78 is 15.4. The third-order valence-corrected chi connectivity index (χ3v) is 6.61. The molecule has 4 rings (SSSR count). The molecule has 31 heavy (non-hydrogen) atoms. The van der Waals surface area contributed by atoms with Crippen LogP contribution < -0.4 is 5.56 Å². The van der Waals surface area contributed by atoms with Crippen LogP contribution in [0.2, 0.25) is 5.02 Å². The maximum atomic E-state index is 13.6. The average Bonchev–Trinajstić information content (AvgIpc) is 2.77. The second-order valence-electron chi connectivity index (χ2n) is 8.76. The first-order valence-corrected chi connectivity index (χ1v) is 11.5. The first-order chi connectivity index (χ1) is 14.9. The van der Waals surface area contributed by atoms with Crippen molar-refractivity contribution >= 4 is 22.5 Å². The van der Waals surface area contributed by atoms with E-state index in [1.165, 1.54) is 6.07 Å². The molecule has 0 aliphatic carbocycles. The zero-order valence-corrected chi connectivity index (χ0v) is 19.1. The topological polar surface area (TPSA) is 38.1 Å². The van der Waals surface area contributed by atoms with Crippen LogP contribution in [0.4, 0.5) is 4.39 Å². The van der Waals surface area contributed by atoms with Crippen molar-refractivity contribution in [1.82, 2.24) is 14.5 Å². The van der Waals surface area contributed by atoms with Crippen molar-refractivity contribution in [2.45, 2.75) is 52.6 Å². The van der Waals surface area contributed by atoms with E-state index >= 15 is 0 Å². The monoisotopic (exact) mass is 441 g/mol. The van der Waals surface area contributed by atoms with E-state index in [2.05, 4.69) is 18.7 Å². The molecule has 0 spiro atoms. The number of nitrogens with zero attached hydrogens (tertiary/aromatic N) is 3. The van der Waals surface area contributed by atoms with E-state index in [1.807, 2.05) is 29.7 Å². The third-order valence-electron chi connectivity index (χ3n) is 6.32. The molecule has 0 amide bonds. The van der Waals surface area contributed by atoms with Gasteiger partial charge in [-0.3, -0.25) is 9.36 Å². The Morgan fingerprint density at radius 2 is 1.94 bits per heavy atom. The molecule has 0 bridgehead atoms. The molecule has 6 heteroatoms. The smallest absolute Gasteiger partial charge is 0.261 e. The van der Waals surface area contributed by atoms with Crippen LogP contribution in [0.5, 0.6) is 0 Å². The molecule has 1 atom stereocenters. The van der Waals surface area contributed by atoms with Gasteiger partial charge in [-0.25, -0.2) is 9.37 Å². The summed E-state index contributed by atoms with van der Waals surface area (Å²) in [6.45, 7) is 9.34. The van der Waals surface area contributed by atoms with E-state index in [4.69, 9.17) is 16.6 Å². The minimum atomic E-state index is -0.453. The van der Waals surface area contributed by atoms with Crippen LogP contribution in [-0.2, 0) is 13.0 Å². The van der Waals surface area contributed by atoms with E-state index in [0.717, 1.165) is 42.9 Å². The molecule has 164 valence electrons. The predicted molar refractivity (Wildman–Crippen MR) is 125 cm³/mol. The molecule has 0 unspecified atom stereocenters. The molecule has 0 N–H and O–H groups in total. The van der Waals surface area contributed by atoms with Crippen LogP contribution in [-0.4, -0.2) is 33.6 Å². The Hall–Kier alpha value is -2.24. The summed E-state index contributed by atoms with van der Waals surface area (Å²) in [5, 5.41) is 0.660. The first kappa shape index (κ1) is 22.0. The number of halogens is 2. The van der Waals surface area contributed by atoms with Gasteiger partial charge in [-0.15, -0.1) is 0 Å². The number of rotatable bonds is 5. The quantitative estimate of drug-likeness (QED) is 0.521. The van der Waals surface area contributed by atoms with Crippen LogP contribution in [0.15, 0.2) is 41.2 Å². The summed E-state index contributed by atoms with van der Waals surface area (Å²) >= 11 is 5.96. The number of aryl methyl sites for hydroxylation is 1. The molecule has 1 aliphatic heterocycles. The summed E-state index contributed by atoms with van der Waals surface area (Å²) in [5.41, 5.74) is 2.30. The lowest BCUT2D eigenvalue weighted by Gasteiger charge is -2.35. The summed E-state index contributed by atoms with van der Waals surface area (Å²) in [6.07, 6.45) is 3.00. The highest BCUT2D eigenvalue weighted by Crippen LogP contribution is 2.27. The Balaban J connectivity index is 1.73. The van der Waals surface area contributed by atoms with Crippen molar-refractivity contribution in [3.63, 3.8) is 0 Å². The lowest BCUT2D eigenvalue weighted by Crippen LogP contribution is -2.42. The van der Waals surface area contributed by atoms with Crippen molar-refractivity contribution in [3.05, 3.63) is 63.4 Å². The third kappa shape index (κ3) is 4.53. The largest absolute Gasteiger partial charge is 0.301 e. The zero-order chi connectivity index (χ0) is 22.1. The summed E-state index contributed by atoms with van der Waals surface area (Å²) in [7, 11) is 0. The average molecular weight is 442 g/mol. The highest BCUT2D eigenvalue weighted by Gasteiger charge is 2.23. The number of benzene rings is 2. The molecule has 2 heterocycles. The Morgan fingerprint density at radius 3 is 2.65 bits per heavy atom. The van der Waals surface area contributed by atoms with Crippen molar-refractivity contribution in [2.24, 2.45) is 5.92 Å². The fraction of sp³-hybridized carbons (Fsp3) is 0.440. The molecule has 1 aliphatic rings.